The molecule has 0 radical (unpaired) electrons. The van der Waals surface area contributed by atoms with Gasteiger partial charge in [0, 0.05) is 5.69 Å². The van der Waals surface area contributed by atoms with Gasteiger partial charge in [-0.15, -0.1) is 0 Å². The normalized spacial score (nSPS) is 10.9. The molecule has 2 rings (SSSR count). The van der Waals surface area contributed by atoms with E-state index in [0.717, 1.165) is 0 Å². The van der Waals surface area contributed by atoms with E-state index in [2.05, 4.69) is 31.4 Å². The Kier molecular flexibility index (Phi) is 6.09. The molecule has 0 heterocycles. The Morgan fingerprint density at radius 3 is 2.24 bits per heavy atom. The number of thiocarbonyl (C=S) groups is 1. The second kappa shape index (κ2) is 8.07. The summed E-state index contributed by atoms with van der Waals surface area (Å²) in [5.74, 6) is -0.105. The number of carbonyl (C=O) groups is 1. The third-order valence-corrected chi connectivity index (χ3v) is 3.65. The summed E-state index contributed by atoms with van der Waals surface area (Å²) in [5.41, 5.74) is 1.84. The van der Waals surface area contributed by atoms with Crippen LogP contribution in [0.2, 0.25) is 0 Å². The van der Waals surface area contributed by atoms with Gasteiger partial charge in [0.25, 0.3) is 5.91 Å². The van der Waals surface area contributed by atoms with Gasteiger partial charge in [0.05, 0.1) is 0 Å². The van der Waals surface area contributed by atoms with E-state index in [0.29, 0.717) is 11.4 Å². The van der Waals surface area contributed by atoms with Gasteiger partial charge in [0.2, 0.25) is 0 Å². The van der Waals surface area contributed by atoms with Crippen molar-refractivity contribution >= 4 is 28.9 Å². The van der Waals surface area contributed by atoms with Gasteiger partial charge in [0.1, 0.15) is 11.6 Å². The second-order valence-electron chi connectivity index (χ2n) is 6.57. The van der Waals surface area contributed by atoms with Crippen LogP contribution in [0.1, 0.15) is 26.3 Å². The zero-order valence-electron chi connectivity index (χ0n) is 14.4. The van der Waals surface area contributed by atoms with Gasteiger partial charge in [-0.2, -0.15) is 0 Å². The SMILES string of the molecule is CC(C)(C)c1ccc(OCC(=O)NC(=S)Nc2ccc(F)cc2)cc1. The summed E-state index contributed by atoms with van der Waals surface area (Å²) in [6, 6.07) is 13.3. The van der Waals surface area contributed by atoms with Crippen LogP contribution < -0.4 is 15.4 Å². The van der Waals surface area contributed by atoms with Gasteiger partial charge in [-0.3, -0.25) is 10.1 Å². The lowest BCUT2D eigenvalue weighted by Crippen LogP contribution is -2.37. The highest BCUT2D eigenvalue weighted by atomic mass is 32.1. The minimum Gasteiger partial charge on any atom is -0.484 e. The Morgan fingerprint density at radius 1 is 1.08 bits per heavy atom. The first kappa shape index (κ1) is 18.9. The molecule has 6 heteroatoms. The standard InChI is InChI=1S/C19H21FN2O2S/c1-19(2,3)13-4-10-16(11-5-13)24-12-17(23)22-18(25)21-15-8-6-14(20)7-9-15/h4-11H,12H2,1-3H3,(H2,21,22,23,25). The van der Waals surface area contributed by atoms with E-state index in [1.165, 1.54) is 29.8 Å². The molecule has 0 aliphatic rings. The smallest absolute Gasteiger partial charge is 0.264 e. The number of halogens is 1. The molecule has 2 aromatic rings. The molecule has 0 saturated heterocycles. The van der Waals surface area contributed by atoms with E-state index in [-0.39, 0.29) is 28.9 Å². The summed E-state index contributed by atoms with van der Waals surface area (Å²) in [4.78, 5) is 11.9. The lowest BCUT2D eigenvalue weighted by atomic mass is 9.87. The molecule has 0 unspecified atom stereocenters. The number of rotatable bonds is 4. The average Bonchev–Trinajstić information content (AvgIpc) is 2.54. The maximum absolute atomic E-state index is 12.8. The largest absolute Gasteiger partial charge is 0.484 e. The highest BCUT2D eigenvalue weighted by molar-refractivity contribution is 7.80. The fourth-order valence-electron chi connectivity index (χ4n) is 2.06. The van der Waals surface area contributed by atoms with Crippen LogP contribution in [-0.2, 0) is 10.2 Å². The van der Waals surface area contributed by atoms with Gasteiger partial charge in [-0.25, -0.2) is 4.39 Å². The summed E-state index contributed by atoms with van der Waals surface area (Å²) >= 11 is 5.04. The van der Waals surface area contributed by atoms with Crippen molar-refractivity contribution in [2.45, 2.75) is 26.2 Å². The number of anilines is 1. The molecule has 132 valence electrons. The van der Waals surface area contributed by atoms with Crippen LogP contribution in [0, 0.1) is 5.82 Å². The van der Waals surface area contributed by atoms with E-state index < -0.39 is 0 Å². The molecule has 25 heavy (non-hydrogen) atoms. The number of hydrogen-bond donors (Lipinski definition) is 2. The molecule has 1 amide bonds. The van der Waals surface area contributed by atoms with Gasteiger partial charge >= 0.3 is 0 Å². The second-order valence-corrected chi connectivity index (χ2v) is 6.98. The molecule has 0 saturated carbocycles. The fourth-order valence-corrected chi connectivity index (χ4v) is 2.29. The van der Waals surface area contributed by atoms with Crippen molar-refractivity contribution in [2.24, 2.45) is 0 Å². The van der Waals surface area contributed by atoms with Crippen LogP contribution in [-0.4, -0.2) is 17.6 Å². The number of nitrogens with one attached hydrogen (secondary N) is 2. The van der Waals surface area contributed by atoms with Crippen LogP contribution in [0.4, 0.5) is 10.1 Å². The van der Waals surface area contributed by atoms with Crippen LogP contribution in [0.3, 0.4) is 0 Å². The zero-order valence-corrected chi connectivity index (χ0v) is 15.2. The predicted molar refractivity (Wildman–Crippen MR) is 101 cm³/mol. The van der Waals surface area contributed by atoms with Gasteiger partial charge in [-0.05, 0) is 59.6 Å². The summed E-state index contributed by atoms with van der Waals surface area (Å²) in [7, 11) is 0. The van der Waals surface area contributed by atoms with E-state index in [1.54, 1.807) is 0 Å². The van der Waals surface area contributed by atoms with E-state index in [4.69, 9.17) is 17.0 Å². The molecule has 2 N–H and O–H groups in total. The molecule has 4 nitrogen and oxygen atoms in total. The summed E-state index contributed by atoms with van der Waals surface area (Å²) in [5, 5.41) is 5.44. The Hall–Kier alpha value is -2.47. The lowest BCUT2D eigenvalue weighted by Gasteiger charge is -2.19. The van der Waals surface area contributed by atoms with E-state index in [1.807, 2.05) is 24.3 Å². The van der Waals surface area contributed by atoms with Crippen LogP contribution in [0.25, 0.3) is 0 Å². The van der Waals surface area contributed by atoms with Crippen LogP contribution in [0.5, 0.6) is 5.75 Å². The molecule has 0 atom stereocenters. The van der Waals surface area contributed by atoms with Crippen molar-refractivity contribution in [1.29, 1.82) is 0 Å². The summed E-state index contributed by atoms with van der Waals surface area (Å²) in [6.45, 7) is 6.24. The van der Waals surface area contributed by atoms with Gasteiger partial charge < -0.3 is 10.1 Å². The topological polar surface area (TPSA) is 50.4 Å². The quantitative estimate of drug-likeness (QED) is 0.809. The number of hydrogen-bond acceptors (Lipinski definition) is 3. The highest BCUT2D eigenvalue weighted by Gasteiger charge is 2.13. The fraction of sp³-hybridized carbons (Fsp3) is 0.263. The molecule has 0 aromatic heterocycles. The zero-order chi connectivity index (χ0) is 18.4. The van der Waals surface area contributed by atoms with E-state index in [9.17, 15) is 9.18 Å². The molecular weight excluding hydrogens is 339 g/mol. The molecule has 0 aliphatic carbocycles. The third kappa shape index (κ3) is 6.15. The van der Waals surface area contributed by atoms with Crippen LogP contribution >= 0.6 is 12.2 Å². The molecule has 0 fully saturated rings. The van der Waals surface area contributed by atoms with Crippen molar-refractivity contribution in [1.82, 2.24) is 5.32 Å². The minimum absolute atomic E-state index is 0.0636. The lowest BCUT2D eigenvalue weighted by molar-refractivity contribution is -0.121. The third-order valence-electron chi connectivity index (χ3n) is 3.45. The number of carbonyl (C=O) groups excluding carboxylic acids is 1. The Morgan fingerprint density at radius 2 is 1.68 bits per heavy atom. The maximum Gasteiger partial charge on any atom is 0.264 e. The van der Waals surface area contributed by atoms with Gasteiger partial charge in [0.15, 0.2) is 11.7 Å². The van der Waals surface area contributed by atoms with E-state index >= 15 is 0 Å². The highest BCUT2D eigenvalue weighted by Crippen LogP contribution is 2.24. The van der Waals surface area contributed by atoms with Crippen molar-refractivity contribution in [2.75, 3.05) is 11.9 Å². The van der Waals surface area contributed by atoms with Crippen molar-refractivity contribution in [3.63, 3.8) is 0 Å². The molecule has 0 spiro atoms. The Labute approximate surface area is 152 Å². The van der Waals surface area contributed by atoms with Crippen molar-refractivity contribution < 1.29 is 13.9 Å². The van der Waals surface area contributed by atoms with Crippen LogP contribution in [0.15, 0.2) is 48.5 Å². The minimum atomic E-state index is -0.375. The average molecular weight is 360 g/mol. The molecule has 0 aliphatic heterocycles. The first-order chi connectivity index (χ1) is 11.7. The first-order valence-electron chi connectivity index (χ1n) is 7.84. The Bertz CT molecular complexity index is 738. The van der Waals surface area contributed by atoms with Gasteiger partial charge in [-0.1, -0.05) is 32.9 Å². The number of ether oxygens (including phenoxy) is 1. The first-order valence-corrected chi connectivity index (χ1v) is 8.24. The maximum atomic E-state index is 12.8. The monoisotopic (exact) mass is 360 g/mol. The van der Waals surface area contributed by atoms with Crippen molar-refractivity contribution in [3.05, 3.63) is 59.9 Å². The molecular formula is C19H21FN2O2S. The summed E-state index contributed by atoms with van der Waals surface area (Å²) in [6.07, 6.45) is 0. The predicted octanol–water partition coefficient (Wildman–Crippen LogP) is 4.02. The molecule has 2 aromatic carbocycles. The number of benzene rings is 2. The molecule has 0 bridgehead atoms. The summed E-state index contributed by atoms with van der Waals surface area (Å²) < 4.78 is 18.3. The number of amides is 1. The van der Waals surface area contributed by atoms with Crippen molar-refractivity contribution in [3.8, 4) is 5.75 Å². The Balaban J connectivity index is 1.80.